The Bertz CT molecular complexity index is 507. The zero-order chi connectivity index (χ0) is 26.7. The van der Waals surface area contributed by atoms with Crippen LogP contribution in [-0.4, -0.2) is 40.8 Å². The van der Waals surface area contributed by atoms with E-state index in [0.29, 0.717) is 12.8 Å². The summed E-state index contributed by atoms with van der Waals surface area (Å²) in [5.74, 6) is -0.830. The van der Waals surface area contributed by atoms with Gasteiger partial charge in [0.15, 0.2) is 11.4 Å². The van der Waals surface area contributed by atoms with Crippen LogP contribution in [0.3, 0.4) is 0 Å². The third kappa shape index (κ3) is 21.2. The molecule has 0 heterocycles. The summed E-state index contributed by atoms with van der Waals surface area (Å²) in [5, 5.41) is 20.0. The summed E-state index contributed by atoms with van der Waals surface area (Å²) in [6.07, 6.45) is 26.9. The minimum Gasteiger partial charge on any atom is -0.462 e. The zero-order valence-corrected chi connectivity index (χ0v) is 24.0. The van der Waals surface area contributed by atoms with E-state index in [1.807, 2.05) is 0 Å². The minimum absolute atomic E-state index is 0.213. The van der Waals surface area contributed by atoms with Gasteiger partial charge in [-0.15, -0.1) is 0 Å². The summed E-state index contributed by atoms with van der Waals surface area (Å²) in [7, 11) is 0. The number of aliphatic hydroxyl groups is 2. The lowest BCUT2D eigenvalue weighted by atomic mass is 9.95. The molecule has 214 valence electrons. The van der Waals surface area contributed by atoms with Crippen molar-refractivity contribution in [2.75, 3.05) is 13.2 Å². The summed E-state index contributed by atoms with van der Waals surface area (Å²) in [6, 6.07) is 0. The highest BCUT2D eigenvalue weighted by atomic mass is 16.5. The van der Waals surface area contributed by atoms with E-state index in [1.165, 1.54) is 103 Å². The van der Waals surface area contributed by atoms with E-state index in [2.05, 4.69) is 13.8 Å². The molecular weight excluding hydrogens is 452 g/mol. The van der Waals surface area contributed by atoms with Gasteiger partial charge in [-0.2, -0.15) is 0 Å². The summed E-state index contributed by atoms with van der Waals surface area (Å²) in [4.78, 5) is 24.4. The molecule has 0 aliphatic rings. The smallest absolute Gasteiger partial charge is 0.305 e. The van der Waals surface area contributed by atoms with Gasteiger partial charge in [0, 0.05) is 12.8 Å². The second-order valence-corrected chi connectivity index (χ2v) is 10.8. The van der Waals surface area contributed by atoms with Crippen molar-refractivity contribution in [2.45, 2.75) is 174 Å². The van der Waals surface area contributed by atoms with Gasteiger partial charge in [0.1, 0.15) is 6.61 Å². The van der Waals surface area contributed by atoms with Crippen LogP contribution in [0.15, 0.2) is 0 Å². The molecule has 0 fully saturated rings. The monoisotopic (exact) mass is 512 g/mol. The number of ether oxygens (including phenoxy) is 1. The van der Waals surface area contributed by atoms with Crippen LogP contribution in [0.2, 0.25) is 0 Å². The Hall–Kier alpha value is -0.940. The van der Waals surface area contributed by atoms with Crippen molar-refractivity contribution < 1.29 is 24.5 Å². The van der Waals surface area contributed by atoms with Gasteiger partial charge >= 0.3 is 5.97 Å². The highest BCUT2D eigenvalue weighted by Gasteiger charge is 2.36. The van der Waals surface area contributed by atoms with E-state index in [9.17, 15) is 19.8 Å². The summed E-state index contributed by atoms with van der Waals surface area (Å²) >= 11 is 0. The maximum Gasteiger partial charge on any atom is 0.305 e. The van der Waals surface area contributed by atoms with Gasteiger partial charge in [-0.3, -0.25) is 9.59 Å². The van der Waals surface area contributed by atoms with Crippen LogP contribution < -0.4 is 0 Å². The second kappa shape index (κ2) is 25.7. The molecule has 36 heavy (non-hydrogen) atoms. The lowest BCUT2D eigenvalue weighted by Crippen LogP contribution is -2.47. The third-order valence-corrected chi connectivity index (χ3v) is 7.24. The van der Waals surface area contributed by atoms with E-state index >= 15 is 0 Å². The van der Waals surface area contributed by atoms with Gasteiger partial charge in [0.25, 0.3) is 0 Å². The summed E-state index contributed by atoms with van der Waals surface area (Å²) in [5.41, 5.74) is -1.97. The van der Waals surface area contributed by atoms with E-state index < -0.39 is 30.6 Å². The Morgan fingerprint density at radius 2 is 0.889 bits per heavy atom. The molecule has 1 atom stereocenters. The zero-order valence-electron chi connectivity index (χ0n) is 24.0. The number of carbonyl (C=O) groups excluding carboxylic acids is 2. The Morgan fingerprint density at radius 3 is 1.25 bits per heavy atom. The molecule has 0 aliphatic carbocycles. The quantitative estimate of drug-likeness (QED) is 0.0814. The van der Waals surface area contributed by atoms with Gasteiger partial charge in [-0.05, 0) is 12.8 Å². The van der Waals surface area contributed by atoms with Crippen LogP contribution in [0.4, 0.5) is 0 Å². The number of ketones is 1. The fourth-order valence-electron chi connectivity index (χ4n) is 4.60. The fourth-order valence-corrected chi connectivity index (χ4v) is 4.60. The lowest BCUT2D eigenvalue weighted by molar-refractivity contribution is -0.161. The molecule has 0 bridgehead atoms. The van der Waals surface area contributed by atoms with Crippen molar-refractivity contribution >= 4 is 11.8 Å². The number of Topliss-reactive ketones (excluding diaryl/α,β-unsaturated/α-hetero) is 1. The molecule has 5 heteroatoms. The predicted octanol–water partition coefficient (Wildman–Crippen LogP) is 8.22. The van der Waals surface area contributed by atoms with Crippen LogP contribution in [0.5, 0.6) is 0 Å². The highest BCUT2D eigenvalue weighted by Crippen LogP contribution is 2.16. The standard InChI is InChI=1S/C31H60O5/c1-3-5-7-9-11-13-15-17-19-21-23-25-29(33)31(35,27-32)28-36-30(34)26-24-22-20-18-16-14-12-10-8-6-4-2/h32,35H,3-28H2,1-2H3. The van der Waals surface area contributed by atoms with Crippen LogP contribution in [0.25, 0.3) is 0 Å². The van der Waals surface area contributed by atoms with Crippen LogP contribution in [0, 0.1) is 0 Å². The fraction of sp³-hybridized carbons (Fsp3) is 0.935. The molecule has 0 rings (SSSR count). The van der Waals surface area contributed by atoms with Crippen molar-refractivity contribution in [1.29, 1.82) is 0 Å². The minimum atomic E-state index is -1.97. The molecule has 0 aromatic carbocycles. The molecule has 0 aliphatic heterocycles. The number of unbranched alkanes of at least 4 members (excludes halogenated alkanes) is 20. The van der Waals surface area contributed by atoms with Gasteiger partial charge in [0.05, 0.1) is 6.61 Å². The molecule has 0 radical (unpaired) electrons. The largest absolute Gasteiger partial charge is 0.462 e. The maximum absolute atomic E-state index is 12.4. The molecule has 0 saturated carbocycles. The highest BCUT2D eigenvalue weighted by molar-refractivity contribution is 5.87. The molecule has 0 saturated heterocycles. The molecule has 0 amide bonds. The molecule has 0 aromatic heterocycles. The van der Waals surface area contributed by atoms with E-state index in [1.54, 1.807) is 0 Å². The van der Waals surface area contributed by atoms with Crippen LogP contribution >= 0.6 is 0 Å². The Morgan fingerprint density at radius 1 is 0.556 bits per heavy atom. The normalized spacial score (nSPS) is 13.0. The average Bonchev–Trinajstić information content (AvgIpc) is 2.88. The van der Waals surface area contributed by atoms with Gasteiger partial charge in [0.2, 0.25) is 0 Å². The lowest BCUT2D eigenvalue weighted by Gasteiger charge is -2.24. The number of esters is 1. The van der Waals surface area contributed by atoms with E-state index in [0.717, 1.165) is 32.1 Å². The van der Waals surface area contributed by atoms with Crippen molar-refractivity contribution in [1.82, 2.24) is 0 Å². The molecule has 5 nitrogen and oxygen atoms in total. The Balaban J connectivity index is 3.75. The number of hydrogen-bond acceptors (Lipinski definition) is 5. The predicted molar refractivity (Wildman–Crippen MR) is 150 cm³/mol. The van der Waals surface area contributed by atoms with E-state index in [4.69, 9.17) is 4.74 Å². The van der Waals surface area contributed by atoms with Gasteiger partial charge in [-0.1, -0.05) is 142 Å². The number of carbonyl (C=O) groups is 2. The average molecular weight is 513 g/mol. The summed E-state index contributed by atoms with van der Waals surface area (Å²) < 4.78 is 5.15. The molecule has 2 N–H and O–H groups in total. The topological polar surface area (TPSA) is 83.8 Å². The maximum atomic E-state index is 12.4. The van der Waals surface area contributed by atoms with Crippen molar-refractivity contribution in [3.8, 4) is 0 Å². The van der Waals surface area contributed by atoms with Gasteiger partial charge < -0.3 is 14.9 Å². The third-order valence-electron chi connectivity index (χ3n) is 7.24. The Kier molecular flexibility index (Phi) is 25.0. The van der Waals surface area contributed by atoms with Crippen LogP contribution in [-0.2, 0) is 14.3 Å². The molecule has 0 aromatic rings. The van der Waals surface area contributed by atoms with Crippen molar-refractivity contribution in [2.24, 2.45) is 0 Å². The SMILES string of the molecule is CCCCCCCCCCCCCC(=O)OCC(O)(CO)C(=O)CCCCCCCCCCCCC. The number of rotatable bonds is 28. The van der Waals surface area contributed by atoms with Crippen molar-refractivity contribution in [3.05, 3.63) is 0 Å². The number of aliphatic hydroxyl groups excluding tert-OH is 1. The molecule has 1 unspecified atom stereocenters. The number of hydrogen-bond donors (Lipinski definition) is 2. The van der Waals surface area contributed by atoms with E-state index in [-0.39, 0.29) is 6.42 Å². The first kappa shape index (κ1) is 35.1. The first-order chi connectivity index (χ1) is 17.5. The first-order valence-corrected chi connectivity index (χ1v) is 15.5. The van der Waals surface area contributed by atoms with Gasteiger partial charge in [-0.25, -0.2) is 0 Å². The first-order valence-electron chi connectivity index (χ1n) is 15.5. The van der Waals surface area contributed by atoms with Crippen molar-refractivity contribution in [3.63, 3.8) is 0 Å². The summed E-state index contributed by atoms with van der Waals surface area (Å²) in [6.45, 7) is 3.31. The molecular formula is C31H60O5. The van der Waals surface area contributed by atoms with Crippen LogP contribution in [0.1, 0.15) is 168 Å². The molecule has 0 spiro atoms. The second-order valence-electron chi connectivity index (χ2n) is 10.8. The Labute approximate surface area is 223 Å².